The van der Waals surface area contributed by atoms with Gasteiger partial charge in [0.25, 0.3) is 0 Å². The molecule has 74 heavy (non-hydrogen) atoms. The molecule has 0 amide bonds. The number of fused-ring (bicyclic) bond motifs is 20. The Labute approximate surface area is 422 Å². The van der Waals surface area contributed by atoms with Crippen LogP contribution in [0.1, 0.15) is 0 Å². The zero-order chi connectivity index (χ0) is 48.2. The molecule has 0 fully saturated rings. The molecule has 0 saturated carbocycles. The van der Waals surface area contributed by atoms with Crippen molar-refractivity contribution in [2.24, 2.45) is 0 Å². The van der Waals surface area contributed by atoms with E-state index in [2.05, 4.69) is 261 Å². The number of para-hydroxylation sites is 6. The third-order valence-corrected chi connectivity index (χ3v) is 15.8. The Morgan fingerprint density at radius 2 is 0.703 bits per heavy atom. The molecule has 0 unspecified atom stereocenters. The third kappa shape index (κ3) is 5.32. The summed E-state index contributed by atoms with van der Waals surface area (Å²) in [6.45, 7) is 0. The summed E-state index contributed by atoms with van der Waals surface area (Å²) in [6.07, 6.45) is 0. The van der Waals surface area contributed by atoms with Crippen molar-refractivity contribution in [3.05, 3.63) is 243 Å². The van der Waals surface area contributed by atoms with Gasteiger partial charge in [0, 0.05) is 65.2 Å². The number of aromatic nitrogens is 6. The first-order chi connectivity index (χ1) is 36.7. The van der Waals surface area contributed by atoms with Crippen LogP contribution in [0.4, 0.5) is 0 Å². The van der Waals surface area contributed by atoms with Gasteiger partial charge in [0.1, 0.15) is 5.65 Å². The van der Waals surface area contributed by atoms with E-state index in [1.807, 2.05) is 0 Å². The Balaban J connectivity index is 1.03. The number of benzene rings is 12. The highest BCUT2D eigenvalue weighted by Crippen LogP contribution is 2.45. The van der Waals surface area contributed by atoms with E-state index in [0.717, 1.165) is 88.6 Å². The van der Waals surface area contributed by atoms with E-state index in [1.54, 1.807) is 0 Å². The van der Waals surface area contributed by atoms with Gasteiger partial charge in [-0.2, -0.15) is 0 Å². The predicted octanol–water partition coefficient (Wildman–Crippen LogP) is 17.5. The molecule has 0 saturated heterocycles. The fourth-order valence-electron chi connectivity index (χ4n) is 12.8. The van der Waals surface area contributed by atoms with Crippen molar-refractivity contribution in [3.63, 3.8) is 0 Å². The van der Waals surface area contributed by atoms with Gasteiger partial charge in [-0.05, 0) is 94.0 Å². The zero-order valence-electron chi connectivity index (χ0n) is 39.8. The fourth-order valence-corrected chi connectivity index (χ4v) is 12.8. The molecule has 0 spiro atoms. The lowest BCUT2D eigenvalue weighted by molar-refractivity contribution is 0.982. The Kier molecular flexibility index (Phi) is 7.91. The number of hydrogen-bond acceptors (Lipinski definition) is 2. The van der Waals surface area contributed by atoms with E-state index in [0.29, 0.717) is 0 Å². The van der Waals surface area contributed by atoms with Crippen molar-refractivity contribution in [1.82, 2.24) is 28.1 Å². The van der Waals surface area contributed by atoms with E-state index in [1.165, 1.54) is 65.2 Å². The van der Waals surface area contributed by atoms with Crippen LogP contribution >= 0.6 is 0 Å². The molecule has 342 valence electrons. The van der Waals surface area contributed by atoms with Crippen molar-refractivity contribution in [3.8, 4) is 28.5 Å². The minimum atomic E-state index is 0.804. The molecule has 6 nitrogen and oxygen atoms in total. The van der Waals surface area contributed by atoms with Gasteiger partial charge in [0.15, 0.2) is 0 Å². The number of nitrogens with zero attached hydrogens (tertiary/aromatic N) is 6. The standard InChI is InChI=1S/C68H40N6/c1-3-19-46-41(17-1)33-35-53-49-22-8-13-29-60(49)71(64(46)53)44-37-43(38-45(39-44)72-61-30-14-9-23-50(61)54-36-34-42-18-2-4-20-47(42)65(54)72)56-40-57-51-24-10-15-31-62(51)73(66(57)52-25-6-5-21-48(52)56)68-70-58-27-11-7-26-55(58)67-69-59-28-12-16-32-63(59)74(67)68/h1-40H. The molecule has 0 N–H and O–H groups in total. The molecule has 5 heterocycles. The summed E-state index contributed by atoms with van der Waals surface area (Å²) in [7, 11) is 0. The summed E-state index contributed by atoms with van der Waals surface area (Å²) in [5, 5.41) is 15.4. The van der Waals surface area contributed by atoms with Crippen molar-refractivity contribution in [2.45, 2.75) is 0 Å². The highest BCUT2D eigenvalue weighted by molar-refractivity contribution is 6.23. The topological polar surface area (TPSA) is 45.0 Å². The molecule has 0 aliphatic carbocycles. The fraction of sp³-hybridized carbons (Fsp3) is 0. The van der Waals surface area contributed by atoms with E-state index in [9.17, 15) is 0 Å². The van der Waals surface area contributed by atoms with Gasteiger partial charge in [0.05, 0.1) is 49.7 Å². The first kappa shape index (κ1) is 39.7. The van der Waals surface area contributed by atoms with Gasteiger partial charge >= 0.3 is 0 Å². The lowest BCUT2D eigenvalue weighted by Gasteiger charge is -2.18. The van der Waals surface area contributed by atoms with Crippen LogP contribution in [-0.2, 0) is 0 Å². The molecule has 0 bridgehead atoms. The molecule has 0 radical (unpaired) electrons. The summed E-state index contributed by atoms with van der Waals surface area (Å²) in [5.41, 5.74) is 15.1. The quantitative estimate of drug-likeness (QED) is 0.176. The number of rotatable bonds is 4. The molecule has 0 aliphatic heterocycles. The maximum Gasteiger partial charge on any atom is 0.221 e. The van der Waals surface area contributed by atoms with Crippen molar-refractivity contribution in [1.29, 1.82) is 0 Å². The van der Waals surface area contributed by atoms with E-state index in [4.69, 9.17) is 9.97 Å². The molecular formula is C68H40N6. The average molecular weight is 941 g/mol. The molecule has 0 aliphatic rings. The predicted molar refractivity (Wildman–Crippen MR) is 309 cm³/mol. The van der Waals surface area contributed by atoms with E-state index < -0.39 is 0 Å². The smallest absolute Gasteiger partial charge is 0.221 e. The second-order valence-corrected chi connectivity index (χ2v) is 19.7. The van der Waals surface area contributed by atoms with Crippen LogP contribution in [0, 0.1) is 0 Å². The van der Waals surface area contributed by atoms with Crippen LogP contribution < -0.4 is 0 Å². The normalized spacial score (nSPS) is 12.3. The summed E-state index contributed by atoms with van der Waals surface area (Å²) in [6, 6.07) is 88.9. The van der Waals surface area contributed by atoms with Crippen LogP contribution in [0.15, 0.2) is 243 Å². The van der Waals surface area contributed by atoms with Gasteiger partial charge in [-0.1, -0.05) is 176 Å². The molecule has 17 rings (SSSR count). The summed E-state index contributed by atoms with van der Waals surface area (Å²) < 4.78 is 9.68. The highest BCUT2D eigenvalue weighted by Gasteiger charge is 2.25. The van der Waals surface area contributed by atoms with Crippen molar-refractivity contribution in [2.75, 3.05) is 0 Å². The molecule has 12 aromatic carbocycles. The van der Waals surface area contributed by atoms with Gasteiger partial charge in [-0.3, -0.25) is 8.97 Å². The van der Waals surface area contributed by atoms with Crippen LogP contribution in [0.25, 0.3) is 154 Å². The average Bonchev–Trinajstić information content (AvgIpc) is 4.28. The Hall–Kier alpha value is -10.0. The SMILES string of the molecule is c1ccc2c(c1)ccc1c3ccccc3n(-c3cc(-c4cc5c6ccccc6n(-c6nc7ccccc7c7nc8ccccc8n67)c5c5ccccc45)cc(-n4c5ccccc5c5ccc6ccccc6c54)c3)c21. The minimum absolute atomic E-state index is 0.804. The van der Waals surface area contributed by atoms with Gasteiger partial charge in [-0.15, -0.1) is 0 Å². The van der Waals surface area contributed by atoms with E-state index in [-0.39, 0.29) is 0 Å². The first-order valence-electron chi connectivity index (χ1n) is 25.3. The van der Waals surface area contributed by atoms with Crippen LogP contribution in [-0.4, -0.2) is 28.1 Å². The highest BCUT2D eigenvalue weighted by atomic mass is 15.2. The second kappa shape index (κ2) is 14.8. The van der Waals surface area contributed by atoms with Crippen LogP contribution in [0.2, 0.25) is 0 Å². The van der Waals surface area contributed by atoms with Crippen molar-refractivity contribution < 1.29 is 0 Å². The largest absolute Gasteiger partial charge is 0.309 e. The first-order valence-corrected chi connectivity index (χ1v) is 25.3. The summed E-state index contributed by atoms with van der Waals surface area (Å²) in [5.74, 6) is 0.804. The third-order valence-electron chi connectivity index (χ3n) is 15.8. The lowest BCUT2D eigenvalue weighted by Crippen LogP contribution is -2.06. The van der Waals surface area contributed by atoms with Crippen molar-refractivity contribution >= 4 is 125 Å². The van der Waals surface area contributed by atoms with Gasteiger partial charge in [0.2, 0.25) is 5.95 Å². The van der Waals surface area contributed by atoms with Crippen LogP contribution in [0.5, 0.6) is 0 Å². The number of hydrogen-bond donors (Lipinski definition) is 0. The maximum atomic E-state index is 5.56. The maximum absolute atomic E-state index is 5.56. The van der Waals surface area contributed by atoms with Crippen LogP contribution in [0.3, 0.4) is 0 Å². The minimum Gasteiger partial charge on any atom is -0.309 e. The monoisotopic (exact) mass is 940 g/mol. The molecular weight excluding hydrogens is 901 g/mol. The Bertz CT molecular complexity index is 5110. The Morgan fingerprint density at radius 3 is 1.31 bits per heavy atom. The molecule has 17 aromatic rings. The summed E-state index contributed by atoms with van der Waals surface area (Å²) in [4.78, 5) is 10.8. The van der Waals surface area contributed by atoms with E-state index >= 15 is 0 Å². The molecule has 6 heteroatoms. The molecule has 0 atom stereocenters. The summed E-state index contributed by atoms with van der Waals surface area (Å²) >= 11 is 0. The van der Waals surface area contributed by atoms with Gasteiger partial charge in [-0.25, -0.2) is 9.97 Å². The number of imidazole rings is 1. The van der Waals surface area contributed by atoms with Gasteiger partial charge < -0.3 is 9.13 Å². The molecule has 5 aromatic heterocycles. The second-order valence-electron chi connectivity index (χ2n) is 19.7. The lowest BCUT2D eigenvalue weighted by atomic mass is 9.94. The zero-order valence-corrected chi connectivity index (χ0v) is 39.8. The Morgan fingerprint density at radius 1 is 0.270 bits per heavy atom.